The Morgan fingerprint density at radius 2 is 2.05 bits per heavy atom. The predicted molar refractivity (Wildman–Crippen MR) is 79.5 cm³/mol. The van der Waals surface area contributed by atoms with Gasteiger partial charge in [0.1, 0.15) is 5.82 Å². The number of anilines is 1. The van der Waals surface area contributed by atoms with Gasteiger partial charge in [-0.05, 0) is 46.8 Å². The van der Waals surface area contributed by atoms with Crippen molar-refractivity contribution in [3.8, 4) is 0 Å². The number of benzene rings is 1. The summed E-state index contributed by atoms with van der Waals surface area (Å²) in [5, 5.41) is 9.89. The Morgan fingerprint density at radius 3 is 2.71 bits per heavy atom. The highest BCUT2D eigenvalue weighted by atomic mass is 79.9. The lowest BCUT2D eigenvalue weighted by atomic mass is 10.00. The van der Waals surface area contributed by atoms with Gasteiger partial charge in [-0.2, -0.15) is 4.31 Å². The van der Waals surface area contributed by atoms with E-state index in [-0.39, 0.29) is 26.9 Å². The van der Waals surface area contributed by atoms with Crippen LogP contribution in [0.1, 0.15) is 12.8 Å². The van der Waals surface area contributed by atoms with Crippen molar-refractivity contribution in [1.29, 1.82) is 0 Å². The Kier molecular flexibility index (Phi) is 3.76. The molecule has 1 aliphatic heterocycles. The highest BCUT2D eigenvalue weighted by Gasteiger charge is 2.46. The molecule has 3 atom stereocenters. The summed E-state index contributed by atoms with van der Waals surface area (Å²) in [7, 11) is -3.75. The Hall–Kier alpha value is -0.700. The second kappa shape index (κ2) is 5.19. The Balaban J connectivity index is 1.94. The van der Waals surface area contributed by atoms with E-state index in [9.17, 15) is 17.9 Å². The van der Waals surface area contributed by atoms with Crippen molar-refractivity contribution in [3.63, 3.8) is 0 Å². The fourth-order valence-corrected chi connectivity index (χ4v) is 5.82. The standard InChI is InChI=1S/C13H16BrFN2O3S/c14-9-3-10(15)11(16)4-13(9)21(19,20)17-5-7-1-2-12(18)8(7)6-17/h3-4,7-8,12,18H,1-2,5-6,16H2. The maximum Gasteiger partial charge on any atom is 0.244 e. The lowest BCUT2D eigenvalue weighted by Gasteiger charge is -2.19. The maximum atomic E-state index is 13.4. The van der Waals surface area contributed by atoms with Crippen molar-refractivity contribution in [2.45, 2.75) is 23.8 Å². The zero-order valence-electron chi connectivity index (χ0n) is 11.2. The highest BCUT2D eigenvalue weighted by molar-refractivity contribution is 9.10. The fourth-order valence-electron chi connectivity index (χ4n) is 3.27. The quantitative estimate of drug-likeness (QED) is 0.764. The van der Waals surface area contributed by atoms with Crippen molar-refractivity contribution >= 4 is 31.6 Å². The number of hydrogen-bond acceptors (Lipinski definition) is 4. The van der Waals surface area contributed by atoms with E-state index in [4.69, 9.17) is 5.73 Å². The molecule has 0 radical (unpaired) electrons. The van der Waals surface area contributed by atoms with Gasteiger partial charge in [-0.1, -0.05) is 0 Å². The molecule has 1 saturated heterocycles. The molecule has 0 spiro atoms. The van der Waals surface area contributed by atoms with Crippen LogP contribution in [0.2, 0.25) is 0 Å². The van der Waals surface area contributed by atoms with E-state index in [1.807, 2.05) is 0 Å². The molecule has 116 valence electrons. The zero-order chi connectivity index (χ0) is 15.4. The molecule has 8 heteroatoms. The van der Waals surface area contributed by atoms with Crippen LogP contribution in [-0.4, -0.2) is 37.0 Å². The number of nitrogens with zero attached hydrogens (tertiary/aromatic N) is 1. The van der Waals surface area contributed by atoms with E-state index in [1.165, 1.54) is 4.31 Å². The molecule has 3 unspecified atom stereocenters. The average Bonchev–Trinajstić information content (AvgIpc) is 2.97. The van der Waals surface area contributed by atoms with Crippen molar-refractivity contribution in [3.05, 3.63) is 22.4 Å². The second-order valence-corrected chi connectivity index (χ2v) is 8.46. The van der Waals surface area contributed by atoms with Gasteiger partial charge in [-0.25, -0.2) is 12.8 Å². The van der Waals surface area contributed by atoms with Gasteiger partial charge in [-0.3, -0.25) is 0 Å². The van der Waals surface area contributed by atoms with Gasteiger partial charge in [0.25, 0.3) is 0 Å². The predicted octanol–water partition coefficient (Wildman–Crippen LogP) is 1.56. The number of aliphatic hydroxyl groups excluding tert-OH is 1. The van der Waals surface area contributed by atoms with E-state index < -0.39 is 21.9 Å². The molecule has 3 rings (SSSR count). The van der Waals surface area contributed by atoms with Gasteiger partial charge < -0.3 is 10.8 Å². The molecular formula is C13H16BrFN2O3S. The molecule has 0 aromatic heterocycles. The lowest BCUT2D eigenvalue weighted by Crippen LogP contribution is -2.31. The van der Waals surface area contributed by atoms with Crippen LogP contribution in [0.25, 0.3) is 0 Å². The summed E-state index contributed by atoms with van der Waals surface area (Å²) in [6.45, 7) is 0.700. The topological polar surface area (TPSA) is 83.6 Å². The summed E-state index contributed by atoms with van der Waals surface area (Å²) < 4.78 is 40.3. The van der Waals surface area contributed by atoms with E-state index >= 15 is 0 Å². The fraction of sp³-hybridized carbons (Fsp3) is 0.538. The van der Waals surface area contributed by atoms with Gasteiger partial charge in [-0.15, -0.1) is 0 Å². The molecule has 1 saturated carbocycles. The SMILES string of the molecule is Nc1cc(S(=O)(=O)N2CC3CCC(O)C3C2)c(Br)cc1F. The van der Waals surface area contributed by atoms with Crippen molar-refractivity contribution in [1.82, 2.24) is 4.31 Å². The molecular weight excluding hydrogens is 363 g/mol. The normalized spacial score (nSPS) is 29.8. The van der Waals surface area contributed by atoms with Crippen molar-refractivity contribution in [2.75, 3.05) is 18.8 Å². The Labute approximate surface area is 131 Å². The van der Waals surface area contributed by atoms with Crippen LogP contribution in [0.3, 0.4) is 0 Å². The van der Waals surface area contributed by atoms with Crippen LogP contribution in [0.5, 0.6) is 0 Å². The largest absolute Gasteiger partial charge is 0.396 e. The van der Waals surface area contributed by atoms with Gasteiger partial charge in [0, 0.05) is 23.5 Å². The van der Waals surface area contributed by atoms with Crippen molar-refractivity contribution in [2.24, 2.45) is 11.8 Å². The van der Waals surface area contributed by atoms with E-state index in [0.29, 0.717) is 13.1 Å². The van der Waals surface area contributed by atoms with E-state index in [2.05, 4.69) is 15.9 Å². The first-order valence-corrected chi connectivity index (χ1v) is 8.96. The molecule has 0 bridgehead atoms. The molecule has 5 nitrogen and oxygen atoms in total. The molecule has 1 aromatic rings. The smallest absolute Gasteiger partial charge is 0.244 e. The minimum absolute atomic E-state index is 0.00338. The van der Waals surface area contributed by atoms with Crippen LogP contribution in [-0.2, 0) is 10.0 Å². The molecule has 2 fully saturated rings. The lowest BCUT2D eigenvalue weighted by molar-refractivity contribution is 0.129. The number of nitrogens with two attached hydrogens (primary N) is 1. The summed E-state index contributed by atoms with van der Waals surface area (Å²) >= 11 is 3.09. The third-order valence-corrected chi connectivity index (χ3v) is 7.24. The number of nitrogen functional groups attached to an aromatic ring is 1. The average molecular weight is 379 g/mol. The van der Waals surface area contributed by atoms with Crippen LogP contribution in [0, 0.1) is 17.7 Å². The third-order valence-electron chi connectivity index (χ3n) is 4.45. The summed E-state index contributed by atoms with van der Waals surface area (Å²) in [6.07, 6.45) is 1.14. The number of rotatable bonds is 2. The number of halogens is 2. The first-order valence-electron chi connectivity index (χ1n) is 6.73. The molecule has 1 aromatic carbocycles. The van der Waals surface area contributed by atoms with E-state index in [0.717, 1.165) is 25.0 Å². The first kappa shape index (κ1) is 15.2. The highest BCUT2D eigenvalue weighted by Crippen LogP contribution is 2.41. The van der Waals surface area contributed by atoms with Crippen LogP contribution in [0.4, 0.5) is 10.1 Å². The number of aliphatic hydroxyl groups is 1. The molecule has 21 heavy (non-hydrogen) atoms. The Bertz CT molecular complexity index is 682. The van der Waals surface area contributed by atoms with Gasteiger partial charge in [0.2, 0.25) is 10.0 Å². The summed E-state index contributed by atoms with van der Waals surface area (Å²) in [4.78, 5) is -0.0316. The third kappa shape index (κ3) is 2.48. The first-order chi connectivity index (χ1) is 9.80. The number of fused-ring (bicyclic) bond motifs is 1. The van der Waals surface area contributed by atoms with Gasteiger partial charge in [0.15, 0.2) is 0 Å². The summed E-state index contributed by atoms with van der Waals surface area (Å²) in [5.74, 6) is -0.461. The second-order valence-electron chi connectivity index (χ2n) is 5.69. The van der Waals surface area contributed by atoms with Gasteiger partial charge in [0.05, 0.1) is 16.7 Å². The van der Waals surface area contributed by atoms with E-state index in [1.54, 1.807) is 0 Å². The van der Waals surface area contributed by atoms with Crippen molar-refractivity contribution < 1.29 is 17.9 Å². The summed E-state index contributed by atoms with van der Waals surface area (Å²) in [5.41, 5.74) is 5.28. The molecule has 3 N–H and O–H groups in total. The minimum atomic E-state index is -3.75. The van der Waals surface area contributed by atoms with Crippen LogP contribution < -0.4 is 5.73 Å². The molecule has 1 aliphatic carbocycles. The van der Waals surface area contributed by atoms with Gasteiger partial charge >= 0.3 is 0 Å². The monoisotopic (exact) mass is 378 g/mol. The maximum absolute atomic E-state index is 13.4. The van der Waals surface area contributed by atoms with Crippen LogP contribution >= 0.6 is 15.9 Å². The molecule has 2 aliphatic rings. The molecule has 1 heterocycles. The van der Waals surface area contributed by atoms with Crippen LogP contribution in [0.15, 0.2) is 21.5 Å². The minimum Gasteiger partial charge on any atom is -0.396 e. The summed E-state index contributed by atoms with van der Waals surface area (Å²) in [6, 6.07) is 2.20. The zero-order valence-corrected chi connectivity index (χ0v) is 13.6. The molecule has 0 amide bonds. The number of sulfonamides is 1. The number of hydrogen-bond donors (Lipinski definition) is 2. The Morgan fingerprint density at radius 1 is 1.33 bits per heavy atom.